The zero-order valence-corrected chi connectivity index (χ0v) is 8.57. The SMILES string of the molecule is Nc1ccc2c(c1)OCC1CNCCN21. The fourth-order valence-electron chi connectivity index (χ4n) is 2.30. The average Bonchev–Trinajstić information content (AvgIpc) is 2.28. The molecule has 4 nitrogen and oxygen atoms in total. The zero-order chi connectivity index (χ0) is 10.3. The monoisotopic (exact) mass is 205 g/mol. The van der Waals surface area contributed by atoms with Crippen LogP contribution >= 0.6 is 0 Å². The lowest BCUT2D eigenvalue weighted by Gasteiger charge is -2.41. The van der Waals surface area contributed by atoms with E-state index in [2.05, 4.69) is 16.3 Å². The van der Waals surface area contributed by atoms with Crippen LogP contribution in [0.2, 0.25) is 0 Å². The van der Waals surface area contributed by atoms with E-state index in [1.165, 1.54) is 5.69 Å². The van der Waals surface area contributed by atoms with Gasteiger partial charge in [0.1, 0.15) is 12.4 Å². The Bertz CT molecular complexity index is 380. The van der Waals surface area contributed by atoms with Gasteiger partial charge >= 0.3 is 0 Å². The lowest BCUT2D eigenvalue weighted by molar-refractivity contribution is 0.247. The minimum atomic E-state index is 0.467. The molecule has 2 aliphatic heterocycles. The highest BCUT2D eigenvalue weighted by molar-refractivity contribution is 5.65. The van der Waals surface area contributed by atoms with Crippen LogP contribution in [0.5, 0.6) is 5.75 Å². The maximum absolute atomic E-state index is 5.74. The fourth-order valence-corrected chi connectivity index (χ4v) is 2.30. The van der Waals surface area contributed by atoms with Gasteiger partial charge < -0.3 is 20.7 Å². The second-order valence-corrected chi connectivity index (χ2v) is 4.09. The zero-order valence-electron chi connectivity index (χ0n) is 8.57. The Hall–Kier alpha value is -1.42. The molecule has 2 aliphatic rings. The summed E-state index contributed by atoms with van der Waals surface area (Å²) < 4.78 is 5.71. The third-order valence-corrected chi connectivity index (χ3v) is 3.07. The molecule has 0 saturated carbocycles. The number of piperazine rings is 1. The second kappa shape index (κ2) is 3.31. The van der Waals surface area contributed by atoms with Crippen LogP contribution in [0.4, 0.5) is 11.4 Å². The summed E-state index contributed by atoms with van der Waals surface area (Å²) in [5.74, 6) is 0.924. The molecular formula is C11H15N3O. The quantitative estimate of drug-likeness (QED) is 0.603. The Morgan fingerprint density at radius 3 is 3.33 bits per heavy atom. The molecule has 80 valence electrons. The fraction of sp³-hybridized carbons (Fsp3) is 0.455. The molecule has 3 N–H and O–H groups in total. The molecule has 1 atom stereocenters. The Kier molecular flexibility index (Phi) is 1.95. The van der Waals surface area contributed by atoms with E-state index in [1.54, 1.807) is 0 Å². The van der Waals surface area contributed by atoms with Gasteiger partial charge in [0.05, 0.1) is 11.7 Å². The number of fused-ring (bicyclic) bond motifs is 3. The van der Waals surface area contributed by atoms with E-state index in [0.29, 0.717) is 6.04 Å². The van der Waals surface area contributed by atoms with Crippen LogP contribution in [0.25, 0.3) is 0 Å². The molecule has 0 aromatic heterocycles. The molecule has 15 heavy (non-hydrogen) atoms. The van der Waals surface area contributed by atoms with E-state index in [9.17, 15) is 0 Å². The largest absolute Gasteiger partial charge is 0.489 e. The van der Waals surface area contributed by atoms with Gasteiger partial charge in [-0.25, -0.2) is 0 Å². The number of nitrogen functional groups attached to an aromatic ring is 1. The van der Waals surface area contributed by atoms with Crippen LogP contribution in [0, 0.1) is 0 Å². The van der Waals surface area contributed by atoms with E-state index in [4.69, 9.17) is 10.5 Å². The van der Waals surface area contributed by atoms with Gasteiger partial charge in [-0.2, -0.15) is 0 Å². The van der Waals surface area contributed by atoms with Gasteiger partial charge in [-0.1, -0.05) is 0 Å². The summed E-state index contributed by atoms with van der Waals surface area (Å²) in [5, 5.41) is 3.38. The van der Waals surface area contributed by atoms with Crippen molar-refractivity contribution < 1.29 is 4.74 Å². The molecule has 0 amide bonds. The van der Waals surface area contributed by atoms with E-state index in [0.717, 1.165) is 37.7 Å². The second-order valence-electron chi connectivity index (χ2n) is 4.09. The third kappa shape index (κ3) is 1.41. The third-order valence-electron chi connectivity index (χ3n) is 3.07. The number of anilines is 2. The number of hydrogen-bond donors (Lipinski definition) is 2. The topological polar surface area (TPSA) is 50.5 Å². The summed E-state index contributed by atoms with van der Waals surface area (Å²) in [7, 11) is 0. The van der Waals surface area contributed by atoms with Crippen molar-refractivity contribution in [3.05, 3.63) is 18.2 Å². The van der Waals surface area contributed by atoms with Crippen molar-refractivity contribution in [2.75, 3.05) is 36.9 Å². The van der Waals surface area contributed by atoms with E-state index < -0.39 is 0 Å². The molecule has 4 heteroatoms. The molecular weight excluding hydrogens is 190 g/mol. The standard InChI is InChI=1S/C11H15N3O/c12-8-1-2-10-11(5-8)15-7-9-6-13-3-4-14(9)10/h1-2,5,9,13H,3-4,6-7,12H2. The van der Waals surface area contributed by atoms with Crippen LogP contribution in [0.1, 0.15) is 0 Å². The molecule has 0 radical (unpaired) electrons. The minimum Gasteiger partial charge on any atom is -0.489 e. The smallest absolute Gasteiger partial charge is 0.144 e. The molecule has 1 saturated heterocycles. The number of nitrogens with one attached hydrogen (secondary N) is 1. The first kappa shape index (κ1) is 8.85. The van der Waals surface area contributed by atoms with Crippen molar-refractivity contribution in [3.8, 4) is 5.75 Å². The van der Waals surface area contributed by atoms with Crippen LogP contribution in [-0.4, -0.2) is 32.3 Å². The van der Waals surface area contributed by atoms with Crippen LogP contribution in [-0.2, 0) is 0 Å². The van der Waals surface area contributed by atoms with Crippen molar-refractivity contribution >= 4 is 11.4 Å². The summed E-state index contributed by atoms with van der Waals surface area (Å²) >= 11 is 0. The summed E-state index contributed by atoms with van der Waals surface area (Å²) in [6, 6.07) is 6.37. The highest BCUT2D eigenvalue weighted by Crippen LogP contribution is 2.35. The highest BCUT2D eigenvalue weighted by Gasteiger charge is 2.29. The molecule has 1 fully saturated rings. The summed E-state index contributed by atoms with van der Waals surface area (Å²) in [5.41, 5.74) is 7.69. The molecule has 2 heterocycles. The van der Waals surface area contributed by atoms with Gasteiger partial charge in [0, 0.05) is 31.4 Å². The van der Waals surface area contributed by atoms with Gasteiger partial charge in [0.15, 0.2) is 0 Å². The number of benzene rings is 1. The maximum atomic E-state index is 5.74. The molecule has 0 bridgehead atoms. The summed E-state index contributed by atoms with van der Waals surface area (Å²) in [6.07, 6.45) is 0. The molecule has 0 spiro atoms. The molecule has 0 aliphatic carbocycles. The minimum absolute atomic E-state index is 0.467. The van der Waals surface area contributed by atoms with Crippen LogP contribution in [0.3, 0.4) is 0 Å². The van der Waals surface area contributed by atoms with E-state index in [1.807, 2.05) is 12.1 Å². The molecule has 1 unspecified atom stereocenters. The Morgan fingerprint density at radius 1 is 1.47 bits per heavy atom. The first-order chi connectivity index (χ1) is 7.34. The molecule has 1 aromatic carbocycles. The normalized spacial score (nSPS) is 24.0. The van der Waals surface area contributed by atoms with E-state index in [-0.39, 0.29) is 0 Å². The maximum Gasteiger partial charge on any atom is 0.144 e. The van der Waals surface area contributed by atoms with E-state index >= 15 is 0 Å². The first-order valence-electron chi connectivity index (χ1n) is 5.34. The van der Waals surface area contributed by atoms with Gasteiger partial charge in [0.2, 0.25) is 0 Å². The van der Waals surface area contributed by atoms with Crippen LogP contribution < -0.4 is 20.7 Å². The van der Waals surface area contributed by atoms with Crippen molar-refractivity contribution in [3.63, 3.8) is 0 Å². The van der Waals surface area contributed by atoms with Gasteiger partial charge in [-0.15, -0.1) is 0 Å². The highest BCUT2D eigenvalue weighted by atomic mass is 16.5. The summed E-state index contributed by atoms with van der Waals surface area (Å²) in [6.45, 7) is 3.85. The Balaban J connectivity index is 1.99. The van der Waals surface area contributed by atoms with Gasteiger partial charge in [-0.05, 0) is 12.1 Å². The first-order valence-corrected chi connectivity index (χ1v) is 5.34. The number of ether oxygens (including phenoxy) is 1. The van der Waals surface area contributed by atoms with Crippen molar-refractivity contribution in [1.82, 2.24) is 5.32 Å². The number of hydrogen-bond acceptors (Lipinski definition) is 4. The predicted molar refractivity (Wildman–Crippen MR) is 60.4 cm³/mol. The molecule has 3 rings (SSSR count). The number of rotatable bonds is 0. The van der Waals surface area contributed by atoms with Gasteiger partial charge in [0.25, 0.3) is 0 Å². The summed E-state index contributed by atoms with van der Waals surface area (Å²) in [4.78, 5) is 2.41. The Morgan fingerprint density at radius 2 is 2.40 bits per heavy atom. The predicted octanol–water partition coefficient (Wildman–Crippen LogP) is 0.439. The van der Waals surface area contributed by atoms with Crippen LogP contribution in [0.15, 0.2) is 18.2 Å². The Labute approximate surface area is 89.0 Å². The van der Waals surface area contributed by atoms with Gasteiger partial charge in [-0.3, -0.25) is 0 Å². The van der Waals surface area contributed by atoms with Crippen molar-refractivity contribution in [1.29, 1.82) is 0 Å². The molecule has 1 aromatic rings. The lowest BCUT2D eigenvalue weighted by atomic mass is 10.1. The lowest BCUT2D eigenvalue weighted by Crippen LogP contribution is -2.55. The van der Waals surface area contributed by atoms with Crippen molar-refractivity contribution in [2.45, 2.75) is 6.04 Å². The number of nitrogens with zero attached hydrogens (tertiary/aromatic N) is 1. The average molecular weight is 205 g/mol. The number of nitrogens with two attached hydrogens (primary N) is 1. The van der Waals surface area contributed by atoms with Crippen molar-refractivity contribution in [2.24, 2.45) is 0 Å².